The first kappa shape index (κ1) is 17.3. The SMILES string of the molecule is CC(=O)Nc1cccc(-n2c(S[C@@H]3CCCCC3=O)nnc2C2CC2)c1. The summed E-state index contributed by atoms with van der Waals surface area (Å²) in [5, 5.41) is 12.4. The van der Waals surface area contributed by atoms with Crippen molar-refractivity contribution in [2.45, 2.75) is 61.8 Å². The molecule has 0 spiro atoms. The molecule has 26 heavy (non-hydrogen) atoms. The van der Waals surface area contributed by atoms with Crippen molar-refractivity contribution in [3.8, 4) is 5.69 Å². The Balaban J connectivity index is 1.68. The molecule has 2 aliphatic rings. The van der Waals surface area contributed by atoms with Crippen LogP contribution in [0.5, 0.6) is 0 Å². The molecule has 0 aliphatic heterocycles. The molecule has 1 heterocycles. The van der Waals surface area contributed by atoms with E-state index in [-0.39, 0.29) is 11.2 Å². The van der Waals surface area contributed by atoms with Crippen molar-refractivity contribution in [1.29, 1.82) is 0 Å². The van der Waals surface area contributed by atoms with Gasteiger partial charge in [-0.1, -0.05) is 24.2 Å². The lowest BCUT2D eigenvalue weighted by atomic mass is 9.99. The molecular formula is C19H22N4O2S. The summed E-state index contributed by atoms with van der Waals surface area (Å²) in [4.78, 5) is 23.6. The van der Waals surface area contributed by atoms with E-state index >= 15 is 0 Å². The Morgan fingerprint density at radius 1 is 1.23 bits per heavy atom. The number of anilines is 1. The summed E-state index contributed by atoms with van der Waals surface area (Å²) in [5.41, 5.74) is 1.67. The maximum absolute atomic E-state index is 12.2. The Hall–Kier alpha value is -2.15. The van der Waals surface area contributed by atoms with Crippen molar-refractivity contribution in [1.82, 2.24) is 14.8 Å². The molecule has 1 aromatic carbocycles. The van der Waals surface area contributed by atoms with Gasteiger partial charge in [-0.15, -0.1) is 10.2 Å². The molecule has 0 radical (unpaired) electrons. The highest BCUT2D eigenvalue weighted by Gasteiger charge is 2.33. The molecule has 1 aromatic heterocycles. The summed E-state index contributed by atoms with van der Waals surface area (Å²) >= 11 is 1.53. The molecule has 2 aromatic rings. The first-order valence-electron chi connectivity index (χ1n) is 9.14. The Kier molecular flexibility index (Phi) is 4.80. The number of Topliss-reactive ketones (excluding diaryl/α,β-unsaturated/α-hetero) is 1. The molecule has 2 aliphatic carbocycles. The topological polar surface area (TPSA) is 76.9 Å². The fourth-order valence-corrected chi connectivity index (χ4v) is 4.52. The first-order chi connectivity index (χ1) is 12.6. The normalized spacial score (nSPS) is 20.2. The van der Waals surface area contributed by atoms with E-state index in [1.807, 2.05) is 24.3 Å². The van der Waals surface area contributed by atoms with Gasteiger partial charge in [0.25, 0.3) is 0 Å². The Morgan fingerprint density at radius 2 is 2.08 bits per heavy atom. The van der Waals surface area contributed by atoms with E-state index in [9.17, 15) is 9.59 Å². The quantitative estimate of drug-likeness (QED) is 0.868. The van der Waals surface area contributed by atoms with Gasteiger partial charge in [0.05, 0.1) is 10.9 Å². The lowest BCUT2D eigenvalue weighted by Gasteiger charge is -2.20. The van der Waals surface area contributed by atoms with E-state index < -0.39 is 0 Å². The fourth-order valence-electron chi connectivity index (χ4n) is 3.34. The minimum absolute atomic E-state index is 0.0303. The molecule has 136 valence electrons. The second-order valence-electron chi connectivity index (χ2n) is 7.00. The summed E-state index contributed by atoms with van der Waals surface area (Å²) in [6.45, 7) is 1.50. The van der Waals surface area contributed by atoms with Gasteiger partial charge in [0.15, 0.2) is 5.16 Å². The van der Waals surface area contributed by atoms with E-state index in [0.29, 0.717) is 18.1 Å². The van der Waals surface area contributed by atoms with E-state index in [1.165, 1.54) is 18.7 Å². The molecule has 4 rings (SSSR count). The number of aromatic nitrogens is 3. The van der Waals surface area contributed by atoms with Gasteiger partial charge < -0.3 is 5.32 Å². The predicted octanol–water partition coefficient (Wildman–Crippen LogP) is 3.71. The van der Waals surface area contributed by atoms with Crippen molar-refractivity contribution < 1.29 is 9.59 Å². The van der Waals surface area contributed by atoms with E-state index in [2.05, 4.69) is 20.1 Å². The number of carbonyl (C=O) groups excluding carboxylic acids is 2. The zero-order valence-corrected chi connectivity index (χ0v) is 15.6. The fraction of sp³-hybridized carbons (Fsp3) is 0.474. The smallest absolute Gasteiger partial charge is 0.221 e. The number of carbonyl (C=O) groups is 2. The highest BCUT2D eigenvalue weighted by atomic mass is 32.2. The first-order valence-corrected chi connectivity index (χ1v) is 10.0. The van der Waals surface area contributed by atoms with Gasteiger partial charge >= 0.3 is 0 Å². The zero-order valence-electron chi connectivity index (χ0n) is 14.8. The third kappa shape index (κ3) is 3.67. The Bertz CT molecular complexity index is 844. The van der Waals surface area contributed by atoms with Gasteiger partial charge in [0.2, 0.25) is 5.91 Å². The van der Waals surface area contributed by atoms with E-state index in [1.54, 1.807) is 0 Å². The molecule has 2 saturated carbocycles. The van der Waals surface area contributed by atoms with E-state index in [0.717, 1.165) is 54.5 Å². The van der Waals surface area contributed by atoms with Crippen LogP contribution in [0.2, 0.25) is 0 Å². The summed E-state index contributed by atoms with van der Waals surface area (Å²) in [7, 11) is 0. The molecule has 1 N–H and O–H groups in total. The number of benzene rings is 1. The monoisotopic (exact) mass is 370 g/mol. The molecule has 7 heteroatoms. The van der Waals surface area contributed by atoms with Gasteiger partial charge in [0, 0.05) is 24.9 Å². The van der Waals surface area contributed by atoms with Crippen LogP contribution in [-0.2, 0) is 9.59 Å². The number of nitrogens with one attached hydrogen (secondary N) is 1. The number of ketones is 1. The standard InChI is InChI=1S/C19H22N4O2S/c1-12(24)20-14-5-4-6-15(11-14)23-18(13-9-10-13)21-22-19(23)26-17-8-3-2-7-16(17)25/h4-6,11,13,17H,2-3,7-10H2,1H3,(H,20,24)/t17-/m1/s1. The number of amides is 1. The molecule has 1 amide bonds. The second-order valence-corrected chi connectivity index (χ2v) is 8.17. The van der Waals surface area contributed by atoms with Gasteiger partial charge in [-0.2, -0.15) is 0 Å². The summed E-state index contributed by atoms with van der Waals surface area (Å²) in [6, 6.07) is 7.71. The average molecular weight is 370 g/mol. The molecule has 6 nitrogen and oxygen atoms in total. The van der Waals surface area contributed by atoms with Crippen LogP contribution >= 0.6 is 11.8 Å². The van der Waals surface area contributed by atoms with Crippen LogP contribution in [0.1, 0.15) is 57.2 Å². The van der Waals surface area contributed by atoms with Crippen LogP contribution in [0.3, 0.4) is 0 Å². The summed E-state index contributed by atoms with van der Waals surface area (Å²) in [6.07, 6.45) is 5.90. The van der Waals surface area contributed by atoms with Crippen LogP contribution in [0.4, 0.5) is 5.69 Å². The Labute approximate surface area is 156 Å². The third-order valence-corrected chi connectivity index (χ3v) is 6.03. The molecule has 2 fully saturated rings. The number of rotatable bonds is 5. The number of nitrogens with zero attached hydrogens (tertiary/aromatic N) is 3. The van der Waals surface area contributed by atoms with Crippen molar-refractivity contribution in [3.05, 3.63) is 30.1 Å². The van der Waals surface area contributed by atoms with Gasteiger partial charge in [-0.05, 0) is 43.9 Å². The maximum Gasteiger partial charge on any atom is 0.221 e. The van der Waals surface area contributed by atoms with Crippen LogP contribution in [0, 0.1) is 0 Å². The van der Waals surface area contributed by atoms with Crippen LogP contribution in [-0.4, -0.2) is 31.7 Å². The molecular weight excluding hydrogens is 348 g/mol. The number of hydrogen-bond donors (Lipinski definition) is 1. The maximum atomic E-state index is 12.2. The van der Waals surface area contributed by atoms with Crippen molar-refractivity contribution in [3.63, 3.8) is 0 Å². The third-order valence-electron chi connectivity index (χ3n) is 4.77. The highest BCUT2D eigenvalue weighted by molar-refractivity contribution is 8.00. The largest absolute Gasteiger partial charge is 0.326 e. The van der Waals surface area contributed by atoms with Crippen molar-refractivity contribution in [2.24, 2.45) is 0 Å². The van der Waals surface area contributed by atoms with E-state index in [4.69, 9.17) is 0 Å². The van der Waals surface area contributed by atoms with Crippen LogP contribution in [0.15, 0.2) is 29.4 Å². The van der Waals surface area contributed by atoms with Gasteiger partial charge in [-0.3, -0.25) is 14.2 Å². The summed E-state index contributed by atoms with van der Waals surface area (Å²) < 4.78 is 2.07. The Morgan fingerprint density at radius 3 is 2.81 bits per heavy atom. The summed E-state index contributed by atoms with van der Waals surface area (Å²) in [5.74, 6) is 1.60. The molecule has 0 unspecified atom stereocenters. The zero-order chi connectivity index (χ0) is 18.1. The van der Waals surface area contributed by atoms with Gasteiger partial charge in [0.1, 0.15) is 11.6 Å². The minimum Gasteiger partial charge on any atom is -0.326 e. The van der Waals surface area contributed by atoms with Crippen LogP contribution in [0.25, 0.3) is 5.69 Å². The van der Waals surface area contributed by atoms with Crippen molar-refractivity contribution in [2.75, 3.05) is 5.32 Å². The highest BCUT2D eigenvalue weighted by Crippen LogP contribution is 2.42. The lowest BCUT2D eigenvalue weighted by Crippen LogP contribution is -2.21. The van der Waals surface area contributed by atoms with Crippen molar-refractivity contribution >= 4 is 29.1 Å². The molecule has 0 bridgehead atoms. The van der Waals surface area contributed by atoms with Gasteiger partial charge in [-0.25, -0.2) is 0 Å². The lowest BCUT2D eigenvalue weighted by molar-refractivity contribution is -0.119. The molecule has 1 atom stereocenters. The predicted molar refractivity (Wildman–Crippen MR) is 101 cm³/mol. The molecule has 0 saturated heterocycles. The number of hydrogen-bond acceptors (Lipinski definition) is 5. The number of thioether (sulfide) groups is 1. The minimum atomic E-state index is -0.101. The van der Waals surface area contributed by atoms with Crippen LogP contribution < -0.4 is 5.32 Å². The second kappa shape index (κ2) is 7.23. The average Bonchev–Trinajstić information content (AvgIpc) is 3.37.